The Balaban J connectivity index is 1.91. The van der Waals surface area contributed by atoms with Crippen LogP contribution in [-0.4, -0.2) is 34.7 Å². The van der Waals surface area contributed by atoms with Crippen LogP contribution in [0.25, 0.3) is 0 Å². The molecule has 4 nitrogen and oxygen atoms in total. The summed E-state index contributed by atoms with van der Waals surface area (Å²) in [6.07, 6.45) is 7.93. The summed E-state index contributed by atoms with van der Waals surface area (Å²) in [5, 5.41) is 13.7. The van der Waals surface area contributed by atoms with Crippen molar-refractivity contribution in [2.45, 2.75) is 25.7 Å². The van der Waals surface area contributed by atoms with Crippen LogP contribution in [0.5, 0.6) is 0 Å². The Hall–Kier alpha value is -0.870. The number of hydrogen-bond acceptors (Lipinski definition) is 3. The van der Waals surface area contributed by atoms with E-state index >= 15 is 0 Å². The number of ether oxygens (including phenoxy) is 1. The number of aromatic nitrogens is 2. The first-order valence-electron chi connectivity index (χ1n) is 5.90. The third-order valence-corrected chi connectivity index (χ3v) is 3.59. The number of hydrogen-bond donors (Lipinski definition) is 1. The smallest absolute Gasteiger partial charge is 0.0521 e. The highest BCUT2D eigenvalue weighted by Crippen LogP contribution is 2.34. The van der Waals surface area contributed by atoms with Gasteiger partial charge >= 0.3 is 0 Å². The Morgan fingerprint density at radius 1 is 1.50 bits per heavy atom. The van der Waals surface area contributed by atoms with Crippen molar-refractivity contribution in [1.82, 2.24) is 9.78 Å². The van der Waals surface area contributed by atoms with Gasteiger partial charge in [-0.2, -0.15) is 5.10 Å². The molecule has 1 N–H and O–H groups in total. The summed E-state index contributed by atoms with van der Waals surface area (Å²) in [5.41, 5.74) is 1.33. The van der Waals surface area contributed by atoms with Gasteiger partial charge in [0, 0.05) is 33.1 Å². The predicted molar refractivity (Wildman–Crippen MR) is 61.1 cm³/mol. The van der Waals surface area contributed by atoms with Crippen molar-refractivity contribution in [3.63, 3.8) is 0 Å². The van der Waals surface area contributed by atoms with Crippen LogP contribution in [0.1, 0.15) is 24.8 Å². The summed E-state index contributed by atoms with van der Waals surface area (Å²) in [7, 11) is 1.93. The maximum Gasteiger partial charge on any atom is 0.0521 e. The van der Waals surface area contributed by atoms with Crippen LogP contribution in [-0.2, 0) is 18.2 Å². The van der Waals surface area contributed by atoms with E-state index in [1.165, 1.54) is 5.56 Å². The van der Waals surface area contributed by atoms with Crippen molar-refractivity contribution in [2.75, 3.05) is 19.8 Å². The van der Waals surface area contributed by atoms with E-state index in [9.17, 15) is 5.11 Å². The fraction of sp³-hybridized carbons (Fsp3) is 0.750. The van der Waals surface area contributed by atoms with E-state index < -0.39 is 0 Å². The second-order valence-electron chi connectivity index (χ2n) is 4.79. The summed E-state index contributed by atoms with van der Waals surface area (Å²) in [6.45, 7) is 1.85. The summed E-state index contributed by atoms with van der Waals surface area (Å²) >= 11 is 0. The molecule has 0 amide bonds. The number of aliphatic hydroxyl groups is 1. The fourth-order valence-electron chi connectivity index (χ4n) is 2.30. The van der Waals surface area contributed by atoms with Crippen molar-refractivity contribution in [2.24, 2.45) is 12.5 Å². The zero-order chi connectivity index (χ0) is 11.4. The van der Waals surface area contributed by atoms with Crippen LogP contribution in [0, 0.1) is 5.41 Å². The lowest BCUT2D eigenvalue weighted by atomic mass is 9.76. The van der Waals surface area contributed by atoms with E-state index in [0.29, 0.717) is 0 Å². The quantitative estimate of drug-likeness (QED) is 0.834. The zero-order valence-corrected chi connectivity index (χ0v) is 9.85. The van der Waals surface area contributed by atoms with Gasteiger partial charge in [0.2, 0.25) is 0 Å². The lowest BCUT2D eigenvalue weighted by molar-refractivity contribution is -0.0204. The van der Waals surface area contributed by atoms with Crippen molar-refractivity contribution < 1.29 is 9.84 Å². The summed E-state index contributed by atoms with van der Waals surface area (Å²) in [5.74, 6) is 0. The van der Waals surface area contributed by atoms with Crippen molar-refractivity contribution in [3.05, 3.63) is 18.0 Å². The lowest BCUT2D eigenvalue weighted by Crippen LogP contribution is -2.33. The van der Waals surface area contributed by atoms with E-state index in [0.717, 1.165) is 38.9 Å². The Morgan fingerprint density at radius 2 is 2.25 bits per heavy atom. The average molecular weight is 224 g/mol. The van der Waals surface area contributed by atoms with Gasteiger partial charge in [0.05, 0.1) is 6.20 Å². The number of aryl methyl sites for hydroxylation is 2. The number of rotatable bonds is 4. The Labute approximate surface area is 96.2 Å². The molecule has 0 radical (unpaired) electrons. The normalized spacial score (nSPS) is 19.9. The van der Waals surface area contributed by atoms with Crippen LogP contribution in [0.3, 0.4) is 0 Å². The Morgan fingerprint density at radius 3 is 2.81 bits per heavy atom. The molecule has 2 heterocycles. The molecule has 2 rings (SSSR count). The minimum absolute atomic E-state index is 0.0775. The van der Waals surface area contributed by atoms with Crippen LogP contribution in [0.4, 0.5) is 0 Å². The maximum absolute atomic E-state index is 9.55. The van der Waals surface area contributed by atoms with E-state index in [4.69, 9.17) is 4.74 Å². The van der Waals surface area contributed by atoms with Crippen molar-refractivity contribution in [3.8, 4) is 0 Å². The molecule has 16 heavy (non-hydrogen) atoms. The molecule has 0 spiro atoms. The van der Waals surface area contributed by atoms with Gasteiger partial charge in [0.15, 0.2) is 0 Å². The second kappa shape index (κ2) is 4.97. The molecule has 1 aromatic heterocycles. The van der Waals surface area contributed by atoms with Gasteiger partial charge < -0.3 is 9.84 Å². The third-order valence-electron chi connectivity index (χ3n) is 3.59. The van der Waals surface area contributed by atoms with E-state index in [-0.39, 0.29) is 12.0 Å². The first-order valence-corrected chi connectivity index (χ1v) is 5.90. The van der Waals surface area contributed by atoms with E-state index in [2.05, 4.69) is 5.10 Å². The molecule has 1 aliphatic heterocycles. The monoisotopic (exact) mass is 224 g/mol. The second-order valence-corrected chi connectivity index (χ2v) is 4.79. The summed E-state index contributed by atoms with van der Waals surface area (Å²) in [4.78, 5) is 0. The molecule has 1 aromatic rings. The minimum Gasteiger partial charge on any atom is -0.396 e. The number of aliphatic hydroxyl groups excluding tert-OH is 1. The highest BCUT2D eigenvalue weighted by Gasteiger charge is 2.31. The van der Waals surface area contributed by atoms with E-state index in [1.807, 2.05) is 24.1 Å². The van der Waals surface area contributed by atoms with Gasteiger partial charge in [-0.1, -0.05) is 0 Å². The van der Waals surface area contributed by atoms with Crippen LogP contribution < -0.4 is 0 Å². The van der Waals surface area contributed by atoms with Crippen molar-refractivity contribution in [1.29, 1.82) is 0 Å². The fourth-order valence-corrected chi connectivity index (χ4v) is 2.30. The maximum atomic E-state index is 9.55. The average Bonchev–Trinajstić information content (AvgIpc) is 2.74. The van der Waals surface area contributed by atoms with Gasteiger partial charge in [-0.25, -0.2) is 0 Å². The highest BCUT2D eigenvalue weighted by atomic mass is 16.5. The first kappa shape index (κ1) is 11.6. The largest absolute Gasteiger partial charge is 0.396 e. The molecule has 1 aliphatic rings. The van der Waals surface area contributed by atoms with Crippen molar-refractivity contribution >= 4 is 0 Å². The molecular formula is C12H20N2O2. The Kier molecular flexibility index (Phi) is 3.61. The summed E-state index contributed by atoms with van der Waals surface area (Å²) in [6, 6.07) is 0. The molecule has 0 atom stereocenters. The van der Waals surface area contributed by atoms with Gasteiger partial charge in [0.1, 0.15) is 0 Å². The molecule has 1 fully saturated rings. The minimum atomic E-state index is 0.0775. The lowest BCUT2D eigenvalue weighted by Gasteiger charge is -2.35. The van der Waals surface area contributed by atoms with Crippen LogP contribution in [0.15, 0.2) is 12.4 Å². The van der Waals surface area contributed by atoms with Gasteiger partial charge in [-0.05, 0) is 36.7 Å². The standard InChI is InChI=1S/C12H20N2O2/c1-14-9-11(8-13-14)2-3-12(10-15)4-6-16-7-5-12/h8-9,15H,2-7,10H2,1H3. The molecular weight excluding hydrogens is 204 g/mol. The molecule has 0 bridgehead atoms. The first-order chi connectivity index (χ1) is 7.74. The van der Waals surface area contributed by atoms with Gasteiger partial charge in [-0.15, -0.1) is 0 Å². The summed E-state index contributed by atoms with van der Waals surface area (Å²) < 4.78 is 7.18. The molecule has 4 heteroatoms. The molecule has 1 saturated heterocycles. The molecule has 0 aliphatic carbocycles. The topological polar surface area (TPSA) is 47.3 Å². The van der Waals surface area contributed by atoms with Crippen LogP contribution in [0.2, 0.25) is 0 Å². The SMILES string of the molecule is Cn1cc(CCC2(CO)CCOCC2)cn1. The molecule has 0 aromatic carbocycles. The number of nitrogens with zero attached hydrogens (tertiary/aromatic N) is 2. The predicted octanol–water partition coefficient (Wildman–Crippen LogP) is 1.14. The molecule has 90 valence electrons. The third kappa shape index (κ3) is 2.62. The molecule has 0 saturated carbocycles. The van der Waals surface area contributed by atoms with Gasteiger partial charge in [-0.3, -0.25) is 4.68 Å². The van der Waals surface area contributed by atoms with E-state index in [1.54, 1.807) is 0 Å². The zero-order valence-electron chi connectivity index (χ0n) is 9.85. The Bertz CT molecular complexity index is 330. The molecule has 0 unspecified atom stereocenters. The van der Waals surface area contributed by atoms with Gasteiger partial charge in [0.25, 0.3) is 0 Å². The van der Waals surface area contributed by atoms with Crippen LogP contribution >= 0.6 is 0 Å². The highest BCUT2D eigenvalue weighted by molar-refractivity contribution is 5.04.